The van der Waals surface area contributed by atoms with Crippen molar-refractivity contribution >= 4 is 5.57 Å². The molecule has 1 aromatic carbocycles. The van der Waals surface area contributed by atoms with Crippen LogP contribution in [0.15, 0.2) is 36.9 Å². The van der Waals surface area contributed by atoms with E-state index in [0.29, 0.717) is 0 Å². The summed E-state index contributed by atoms with van der Waals surface area (Å²) in [5, 5.41) is 0. The van der Waals surface area contributed by atoms with Crippen molar-refractivity contribution in [3.63, 3.8) is 0 Å². The summed E-state index contributed by atoms with van der Waals surface area (Å²) in [7, 11) is 3.22. The maximum atomic E-state index is 5.28. The molecule has 2 heteroatoms. The second kappa shape index (κ2) is 4.40. The van der Waals surface area contributed by atoms with E-state index < -0.39 is 5.79 Å². The maximum Gasteiger partial charge on any atom is 0.191 e. The van der Waals surface area contributed by atoms with Crippen LogP contribution in [0.4, 0.5) is 0 Å². The highest BCUT2D eigenvalue weighted by Crippen LogP contribution is 2.28. The summed E-state index contributed by atoms with van der Waals surface area (Å²) in [6.45, 7) is 5.84. The van der Waals surface area contributed by atoms with Crippen LogP contribution in [0.3, 0.4) is 0 Å². The Morgan fingerprint density at radius 3 is 2.07 bits per heavy atom. The SMILES string of the molecule is C=C(c1ccccc1)C(C)(OC)OC. The van der Waals surface area contributed by atoms with Crippen LogP contribution >= 0.6 is 0 Å². The van der Waals surface area contributed by atoms with Gasteiger partial charge in [-0.1, -0.05) is 36.9 Å². The molecule has 0 aliphatic rings. The molecule has 0 amide bonds. The largest absolute Gasteiger partial charge is 0.349 e. The van der Waals surface area contributed by atoms with Gasteiger partial charge in [-0.25, -0.2) is 0 Å². The van der Waals surface area contributed by atoms with Crippen LogP contribution in [0.5, 0.6) is 0 Å². The van der Waals surface area contributed by atoms with Crippen LogP contribution < -0.4 is 0 Å². The van der Waals surface area contributed by atoms with Crippen LogP contribution in [0.1, 0.15) is 12.5 Å². The van der Waals surface area contributed by atoms with E-state index in [-0.39, 0.29) is 0 Å². The van der Waals surface area contributed by atoms with E-state index in [9.17, 15) is 0 Å². The minimum atomic E-state index is -0.749. The Kier molecular flexibility index (Phi) is 3.44. The summed E-state index contributed by atoms with van der Waals surface area (Å²) in [4.78, 5) is 0. The van der Waals surface area contributed by atoms with E-state index in [4.69, 9.17) is 9.47 Å². The van der Waals surface area contributed by atoms with Crippen molar-refractivity contribution < 1.29 is 9.47 Å². The Balaban J connectivity index is 2.95. The molecular weight excluding hydrogens is 176 g/mol. The Labute approximate surface area is 85.2 Å². The third-order valence-electron chi connectivity index (χ3n) is 2.45. The highest BCUT2D eigenvalue weighted by Gasteiger charge is 2.27. The van der Waals surface area contributed by atoms with E-state index in [1.165, 1.54) is 0 Å². The van der Waals surface area contributed by atoms with E-state index in [0.717, 1.165) is 11.1 Å². The monoisotopic (exact) mass is 192 g/mol. The topological polar surface area (TPSA) is 18.5 Å². The third-order valence-corrected chi connectivity index (χ3v) is 2.45. The van der Waals surface area contributed by atoms with Crippen molar-refractivity contribution in [1.29, 1.82) is 0 Å². The van der Waals surface area contributed by atoms with Gasteiger partial charge in [0.1, 0.15) is 0 Å². The molecule has 1 rings (SSSR count). The first-order valence-corrected chi connectivity index (χ1v) is 4.49. The molecule has 0 aliphatic carbocycles. The van der Waals surface area contributed by atoms with Gasteiger partial charge in [0.15, 0.2) is 5.79 Å². The van der Waals surface area contributed by atoms with Crippen LogP contribution in [-0.2, 0) is 9.47 Å². The summed E-state index contributed by atoms with van der Waals surface area (Å²) >= 11 is 0. The lowest BCUT2D eigenvalue weighted by Gasteiger charge is -2.28. The quantitative estimate of drug-likeness (QED) is 0.683. The van der Waals surface area contributed by atoms with E-state index >= 15 is 0 Å². The van der Waals surface area contributed by atoms with Gasteiger partial charge in [0, 0.05) is 19.8 Å². The summed E-state index contributed by atoms with van der Waals surface area (Å²) in [5.74, 6) is -0.749. The van der Waals surface area contributed by atoms with Crippen LogP contribution in [0.2, 0.25) is 0 Å². The van der Waals surface area contributed by atoms with Crippen molar-refractivity contribution in [3.05, 3.63) is 42.5 Å². The third kappa shape index (κ3) is 2.03. The van der Waals surface area contributed by atoms with Crippen molar-refractivity contribution in [3.8, 4) is 0 Å². The zero-order valence-electron chi connectivity index (χ0n) is 8.91. The Morgan fingerprint density at radius 1 is 1.14 bits per heavy atom. The number of hydrogen-bond acceptors (Lipinski definition) is 2. The van der Waals surface area contributed by atoms with Crippen molar-refractivity contribution in [2.75, 3.05) is 14.2 Å². The van der Waals surface area contributed by atoms with Gasteiger partial charge < -0.3 is 9.47 Å². The van der Waals surface area contributed by atoms with Crippen LogP contribution in [0, 0.1) is 0 Å². The standard InChI is InChI=1S/C12H16O2/c1-10(12(2,13-3)14-4)11-8-6-5-7-9-11/h5-9H,1H2,2-4H3. The molecule has 2 nitrogen and oxygen atoms in total. The Bertz CT molecular complexity index is 299. The molecule has 0 saturated heterocycles. The van der Waals surface area contributed by atoms with Gasteiger partial charge in [-0.05, 0) is 12.5 Å². The molecule has 0 bridgehead atoms. The fraction of sp³-hybridized carbons (Fsp3) is 0.333. The summed E-state index contributed by atoms with van der Waals surface area (Å²) in [6, 6.07) is 9.86. The molecule has 0 unspecified atom stereocenters. The molecule has 76 valence electrons. The van der Waals surface area contributed by atoms with Crippen molar-refractivity contribution in [2.24, 2.45) is 0 Å². The summed E-state index contributed by atoms with van der Waals surface area (Å²) in [6.07, 6.45) is 0. The average Bonchev–Trinajstić information content (AvgIpc) is 2.28. The van der Waals surface area contributed by atoms with Gasteiger partial charge in [-0.15, -0.1) is 0 Å². The molecule has 0 radical (unpaired) electrons. The predicted molar refractivity (Wildman–Crippen MR) is 57.9 cm³/mol. The lowest BCUT2D eigenvalue weighted by atomic mass is 10.0. The number of rotatable bonds is 4. The second-order valence-electron chi connectivity index (χ2n) is 3.20. The molecule has 0 saturated carbocycles. The first-order valence-electron chi connectivity index (χ1n) is 4.49. The summed E-state index contributed by atoms with van der Waals surface area (Å²) in [5.41, 5.74) is 1.85. The van der Waals surface area contributed by atoms with Gasteiger partial charge in [0.2, 0.25) is 0 Å². The van der Waals surface area contributed by atoms with Crippen LogP contribution in [-0.4, -0.2) is 20.0 Å². The first-order chi connectivity index (χ1) is 6.64. The zero-order valence-corrected chi connectivity index (χ0v) is 8.91. The maximum absolute atomic E-state index is 5.28. The minimum absolute atomic E-state index is 0.749. The number of ether oxygens (including phenoxy) is 2. The normalized spacial score (nSPS) is 11.4. The number of hydrogen-bond donors (Lipinski definition) is 0. The lowest BCUT2D eigenvalue weighted by Crippen LogP contribution is -2.30. The molecule has 0 atom stereocenters. The molecule has 0 aromatic heterocycles. The lowest BCUT2D eigenvalue weighted by molar-refractivity contribution is -0.147. The van der Waals surface area contributed by atoms with E-state index in [2.05, 4.69) is 6.58 Å². The van der Waals surface area contributed by atoms with Gasteiger partial charge >= 0.3 is 0 Å². The van der Waals surface area contributed by atoms with Gasteiger partial charge in [0.25, 0.3) is 0 Å². The molecule has 0 aliphatic heterocycles. The predicted octanol–water partition coefficient (Wildman–Crippen LogP) is 2.71. The average molecular weight is 192 g/mol. The molecule has 0 heterocycles. The molecule has 0 spiro atoms. The van der Waals surface area contributed by atoms with Gasteiger partial charge in [-0.2, -0.15) is 0 Å². The molecule has 0 fully saturated rings. The van der Waals surface area contributed by atoms with Crippen molar-refractivity contribution in [1.82, 2.24) is 0 Å². The fourth-order valence-electron chi connectivity index (χ4n) is 1.23. The number of benzene rings is 1. The fourth-order valence-corrected chi connectivity index (χ4v) is 1.23. The zero-order chi connectivity index (χ0) is 10.6. The smallest absolute Gasteiger partial charge is 0.191 e. The second-order valence-corrected chi connectivity index (χ2v) is 3.20. The highest BCUT2D eigenvalue weighted by molar-refractivity contribution is 5.68. The van der Waals surface area contributed by atoms with Crippen molar-refractivity contribution in [2.45, 2.75) is 12.7 Å². The summed E-state index contributed by atoms with van der Waals surface area (Å²) < 4.78 is 10.6. The van der Waals surface area contributed by atoms with Gasteiger partial charge in [0.05, 0.1) is 0 Å². The first kappa shape index (κ1) is 11.0. The Morgan fingerprint density at radius 2 is 1.64 bits per heavy atom. The van der Waals surface area contributed by atoms with Gasteiger partial charge in [-0.3, -0.25) is 0 Å². The van der Waals surface area contributed by atoms with E-state index in [1.807, 2.05) is 37.3 Å². The Hall–Kier alpha value is -1.12. The van der Waals surface area contributed by atoms with Crippen LogP contribution in [0.25, 0.3) is 5.57 Å². The highest BCUT2D eigenvalue weighted by atomic mass is 16.7. The molecule has 0 N–H and O–H groups in total. The number of methoxy groups -OCH3 is 2. The molecule has 1 aromatic rings. The van der Waals surface area contributed by atoms with E-state index in [1.54, 1.807) is 14.2 Å². The minimum Gasteiger partial charge on any atom is -0.349 e. The molecular formula is C12H16O2. The molecule has 14 heavy (non-hydrogen) atoms.